The molecule has 0 spiro atoms. The van der Waals surface area contributed by atoms with Crippen molar-refractivity contribution in [1.82, 2.24) is 0 Å². The summed E-state index contributed by atoms with van der Waals surface area (Å²) < 4.78 is 32.4. The third kappa shape index (κ3) is 16.1. The van der Waals surface area contributed by atoms with E-state index in [4.69, 9.17) is 4.55 Å². The average molecular weight is 293 g/mol. The van der Waals surface area contributed by atoms with E-state index in [2.05, 4.69) is 11.1 Å². The van der Waals surface area contributed by atoms with Crippen molar-refractivity contribution in [2.24, 2.45) is 0 Å². The van der Waals surface area contributed by atoms with Crippen molar-refractivity contribution in [3.63, 3.8) is 0 Å². The summed E-state index contributed by atoms with van der Waals surface area (Å²) in [7, 11) is -4.63. The molecule has 0 aromatic carbocycles. The smallest absolute Gasteiger partial charge is 0.325 e. The van der Waals surface area contributed by atoms with Crippen LogP contribution in [0.1, 0.15) is 64.7 Å². The minimum absolute atomic E-state index is 0. The predicted molar refractivity (Wildman–Crippen MR) is 73.4 cm³/mol. The highest BCUT2D eigenvalue weighted by molar-refractivity contribution is 7.81. The first-order valence-corrected chi connectivity index (χ1v) is 7.52. The molecule has 0 aliphatic heterocycles. The molecule has 1 N–H and O–H groups in total. The van der Waals surface area contributed by atoms with Crippen molar-refractivity contribution in [1.29, 1.82) is 0 Å². The maximum Gasteiger partial charge on any atom is 0.448 e. The highest BCUT2D eigenvalue weighted by atomic mass is 32.3. The Kier molecular flexibility index (Phi) is 13.9. The van der Waals surface area contributed by atoms with Crippen molar-refractivity contribution in [3.05, 3.63) is 0 Å². The second-order valence-electron chi connectivity index (χ2n) is 4.11. The van der Waals surface area contributed by atoms with Crippen LogP contribution in [0.25, 0.3) is 0 Å². The molecule has 0 saturated carbocycles. The Morgan fingerprint density at radius 2 is 1.44 bits per heavy atom. The minimum atomic E-state index is -4.63. The van der Waals surface area contributed by atoms with Gasteiger partial charge in [0.25, 0.3) is 0 Å². The Morgan fingerprint density at radius 1 is 1.00 bits per heavy atom. The van der Waals surface area contributed by atoms with E-state index in [-0.39, 0.29) is 29.5 Å². The van der Waals surface area contributed by atoms with E-state index in [1.54, 1.807) is 0 Å². The van der Waals surface area contributed by atoms with Gasteiger partial charge in [0.05, 0.1) is 0 Å². The number of rotatable bonds is 10. The normalized spacial score (nSPS) is 10.8. The second kappa shape index (κ2) is 12.2. The number of hydrogen-bond donors (Lipinski definition) is 1. The van der Waals surface area contributed by atoms with Gasteiger partial charge in [-0.2, -0.15) is 8.42 Å². The number of unbranched alkanes of at least 4 members (excludes halogenated alkanes) is 7. The molecule has 0 radical (unpaired) electrons. The lowest BCUT2D eigenvalue weighted by Gasteiger charge is -2.01. The van der Waals surface area contributed by atoms with Crippen LogP contribution < -0.4 is 0 Å². The summed E-state index contributed by atoms with van der Waals surface area (Å²) in [5.41, 5.74) is 0. The molecule has 7 heteroatoms. The minimum Gasteiger partial charge on any atom is -0.325 e. The van der Waals surface area contributed by atoms with Gasteiger partial charge in [0.2, 0.25) is 0 Å². The molecular formula is C11H24MgO5S. The van der Waals surface area contributed by atoms with Gasteiger partial charge in [0, 0.05) is 6.42 Å². The fourth-order valence-electron chi connectivity index (χ4n) is 1.56. The van der Waals surface area contributed by atoms with Crippen LogP contribution in [-0.4, -0.2) is 42.0 Å². The van der Waals surface area contributed by atoms with Crippen LogP contribution in [-0.2, 0) is 19.4 Å². The van der Waals surface area contributed by atoms with Gasteiger partial charge >= 0.3 is 39.4 Å². The van der Waals surface area contributed by atoms with E-state index < -0.39 is 16.4 Å². The molecule has 0 saturated heterocycles. The Hall–Kier alpha value is 0.146. The average Bonchev–Trinajstić information content (AvgIpc) is 2.19. The van der Waals surface area contributed by atoms with Gasteiger partial charge in [-0.1, -0.05) is 51.9 Å². The van der Waals surface area contributed by atoms with Crippen LogP contribution in [0.15, 0.2) is 0 Å². The summed E-state index contributed by atoms with van der Waals surface area (Å²) in [4.78, 5) is 10.9. The summed E-state index contributed by atoms with van der Waals surface area (Å²) in [5, 5.41) is 0. The van der Waals surface area contributed by atoms with Gasteiger partial charge in [-0.25, -0.2) is 0 Å². The summed E-state index contributed by atoms with van der Waals surface area (Å²) >= 11 is 0. The molecule has 0 aromatic heterocycles. The van der Waals surface area contributed by atoms with Gasteiger partial charge < -0.3 is 4.18 Å². The first-order valence-electron chi connectivity index (χ1n) is 6.15. The molecule has 0 atom stereocenters. The zero-order chi connectivity index (χ0) is 13.1. The van der Waals surface area contributed by atoms with Gasteiger partial charge in [0.15, 0.2) is 0 Å². The van der Waals surface area contributed by atoms with Crippen molar-refractivity contribution < 1.29 is 21.9 Å². The van der Waals surface area contributed by atoms with Crippen LogP contribution >= 0.6 is 0 Å². The van der Waals surface area contributed by atoms with Gasteiger partial charge in [-0.15, -0.1) is 0 Å². The quantitative estimate of drug-likeness (QED) is 0.378. The first kappa shape index (κ1) is 20.5. The van der Waals surface area contributed by atoms with E-state index in [9.17, 15) is 13.2 Å². The first-order chi connectivity index (χ1) is 7.95. The lowest BCUT2D eigenvalue weighted by molar-refractivity contribution is -0.134. The summed E-state index contributed by atoms with van der Waals surface area (Å²) in [6.07, 6.45) is 8.66. The molecule has 0 bridgehead atoms. The van der Waals surface area contributed by atoms with Gasteiger partial charge in [-0.05, 0) is 6.42 Å². The number of carbonyl (C=O) groups excluding carboxylic acids is 1. The van der Waals surface area contributed by atoms with Crippen molar-refractivity contribution in [2.75, 3.05) is 0 Å². The highest BCUT2D eigenvalue weighted by Crippen LogP contribution is 2.10. The Morgan fingerprint density at radius 3 is 1.89 bits per heavy atom. The van der Waals surface area contributed by atoms with Gasteiger partial charge in [0.1, 0.15) is 0 Å². The van der Waals surface area contributed by atoms with E-state index in [0.29, 0.717) is 6.42 Å². The molecular weight excluding hydrogens is 268 g/mol. The zero-order valence-electron chi connectivity index (χ0n) is 10.4. The molecule has 0 heterocycles. The Labute approximate surface area is 126 Å². The standard InChI is InChI=1S/C11H22O5S.Mg.2H/c1-2-3-4-5-6-7-8-9-10-11(12)16-17(13,14)15;;;/h2-10H2,1H3,(H,13,14,15);;;. The molecule has 18 heavy (non-hydrogen) atoms. The number of carbonyl (C=O) groups is 1. The van der Waals surface area contributed by atoms with Crippen LogP contribution in [0.2, 0.25) is 0 Å². The topological polar surface area (TPSA) is 80.7 Å². The maximum atomic E-state index is 10.9. The molecule has 0 aliphatic rings. The monoisotopic (exact) mass is 292 g/mol. The zero-order valence-corrected chi connectivity index (χ0v) is 11.2. The lowest BCUT2D eigenvalue weighted by Crippen LogP contribution is -2.11. The highest BCUT2D eigenvalue weighted by Gasteiger charge is 2.11. The molecule has 5 nitrogen and oxygen atoms in total. The summed E-state index contributed by atoms with van der Waals surface area (Å²) in [6.45, 7) is 2.17. The molecule has 106 valence electrons. The number of hydrogen-bond acceptors (Lipinski definition) is 4. The predicted octanol–water partition coefficient (Wildman–Crippen LogP) is 1.95. The second-order valence-corrected chi connectivity index (χ2v) is 5.13. The molecule has 0 aliphatic carbocycles. The Bertz CT molecular complexity index is 303. The molecule has 0 rings (SSSR count). The van der Waals surface area contributed by atoms with E-state index in [1.165, 1.54) is 25.7 Å². The molecule has 0 unspecified atom stereocenters. The fraction of sp³-hybridized carbons (Fsp3) is 0.909. The van der Waals surface area contributed by atoms with Gasteiger partial charge in [-0.3, -0.25) is 9.35 Å². The van der Waals surface area contributed by atoms with Crippen molar-refractivity contribution in [3.8, 4) is 0 Å². The van der Waals surface area contributed by atoms with Crippen LogP contribution in [0.4, 0.5) is 0 Å². The van der Waals surface area contributed by atoms with Crippen LogP contribution in [0.5, 0.6) is 0 Å². The molecule has 0 amide bonds. The van der Waals surface area contributed by atoms with Crippen LogP contribution in [0.3, 0.4) is 0 Å². The fourth-order valence-corrected chi connectivity index (χ4v) is 1.88. The summed E-state index contributed by atoms with van der Waals surface area (Å²) in [6, 6.07) is 0. The SMILES string of the molecule is CCCCCCCCCCC(=O)OS(=O)(=O)O.[MgH2]. The lowest BCUT2D eigenvalue weighted by atomic mass is 10.1. The molecule has 0 fully saturated rings. The third-order valence-corrected chi connectivity index (χ3v) is 2.83. The van der Waals surface area contributed by atoms with Crippen LogP contribution in [0, 0.1) is 0 Å². The van der Waals surface area contributed by atoms with E-state index in [1.807, 2.05) is 0 Å². The molecule has 0 aromatic rings. The summed E-state index contributed by atoms with van der Waals surface area (Å²) in [5.74, 6) is -0.890. The third-order valence-electron chi connectivity index (χ3n) is 2.43. The van der Waals surface area contributed by atoms with E-state index >= 15 is 0 Å². The largest absolute Gasteiger partial charge is 0.448 e. The van der Waals surface area contributed by atoms with Crippen molar-refractivity contribution in [2.45, 2.75) is 64.7 Å². The Balaban J connectivity index is 0. The van der Waals surface area contributed by atoms with Crippen molar-refractivity contribution >= 4 is 39.4 Å². The van der Waals surface area contributed by atoms with E-state index in [0.717, 1.165) is 19.3 Å². The maximum absolute atomic E-state index is 10.9.